The molecule has 0 nitrogen and oxygen atoms in total. The summed E-state index contributed by atoms with van der Waals surface area (Å²) < 4.78 is 27.7. The third kappa shape index (κ3) is 3.21. The zero-order chi connectivity index (χ0) is 15.5. The average Bonchev–Trinajstić information content (AvgIpc) is 2.55. The summed E-state index contributed by atoms with van der Waals surface area (Å²) in [6.07, 6.45) is 6.04. The second kappa shape index (κ2) is 6.60. The lowest BCUT2D eigenvalue weighted by atomic mass is 9.77. The minimum absolute atomic E-state index is 0.249. The molecule has 0 heterocycles. The van der Waals surface area contributed by atoms with Crippen molar-refractivity contribution in [3.8, 4) is 11.1 Å². The minimum atomic E-state index is -0.334. The fourth-order valence-corrected chi connectivity index (χ4v) is 3.58. The van der Waals surface area contributed by atoms with Gasteiger partial charge in [-0.3, -0.25) is 0 Å². The van der Waals surface area contributed by atoms with E-state index in [1.807, 2.05) is 6.07 Å². The van der Waals surface area contributed by atoms with Crippen molar-refractivity contribution >= 4 is 0 Å². The molecule has 0 bridgehead atoms. The number of hydrogen-bond acceptors (Lipinski definition) is 0. The van der Waals surface area contributed by atoms with Crippen molar-refractivity contribution in [2.75, 3.05) is 0 Å². The van der Waals surface area contributed by atoms with Crippen LogP contribution in [0.15, 0.2) is 42.5 Å². The Kier molecular flexibility index (Phi) is 4.56. The van der Waals surface area contributed by atoms with E-state index in [1.54, 1.807) is 24.3 Å². The lowest BCUT2D eigenvalue weighted by Gasteiger charge is -2.28. The van der Waals surface area contributed by atoms with Crippen molar-refractivity contribution in [3.63, 3.8) is 0 Å². The van der Waals surface area contributed by atoms with Gasteiger partial charge >= 0.3 is 0 Å². The normalized spacial score (nSPS) is 21.8. The first-order chi connectivity index (χ1) is 10.7. The van der Waals surface area contributed by atoms with Crippen molar-refractivity contribution < 1.29 is 8.78 Å². The standard InChI is InChI=1S/C20H22F2/c1-2-14-6-8-15(9-7-14)16-10-11-19(20(22)13-16)17-4-3-5-18(21)12-17/h3-5,10-15H,2,6-9H2,1H3. The summed E-state index contributed by atoms with van der Waals surface area (Å²) in [6, 6.07) is 11.6. The maximum Gasteiger partial charge on any atom is 0.131 e. The fourth-order valence-electron chi connectivity index (χ4n) is 3.58. The topological polar surface area (TPSA) is 0 Å². The van der Waals surface area contributed by atoms with E-state index in [-0.39, 0.29) is 11.6 Å². The van der Waals surface area contributed by atoms with E-state index in [1.165, 1.54) is 31.4 Å². The Morgan fingerprint density at radius 1 is 0.955 bits per heavy atom. The fraction of sp³-hybridized carbons (Fsp3) is 0.400. The molecule has 0 radical (unpaired) electrons. The Morgan fingerprint density at radius 3 is 2.36 bits per heavy atom. The smallest absolute Gasteiger partial charge is 0.131 e. The monoisotopic (exact) mass is 300 g/mol. The van der Waals surface area contributed by atoms with Crippen LogP contribution in [0, 0.1) is 17.6 Å². The molecule has 2 aromatic carbocycles. The van der Waals surface area contributed by atoms with Crippen molar-refractivity contribution in [3.05, 3.63) is 59.7 Å². The molecule has 116 valence electrons. The first-order valence-electron chi connectivity index (χ1n) is 8.22. The third-order valence-electron chi connectivity index (χ3n) is 5.02. The van der Waals surface area contributed by atoms with Gasteiger partial charge in [-0.2, -0.15) is 0 Å². The quantitative estimate of drug-likeness (QED) is 0.622. The second-order valence-corrected chi connectivity index (χ2v) is 6.38. The summed E-state index contributed by atoms with van der Waals surface area (Å²) >= 11 is 0. The van der Waals surface area contributed by atoms with Crippen molar-refractivity contribution in [1.82, 2.24) is 0 Å². The Bertz CT molecular complexity index is 640. The highest BCUT2D eigenvalue weighted by Crippen LogP contribution is 2.38. The van der Waals surface area contributed by atoms with Crippen LogP contribution in [0.2, 0.25) is 0 Å². The van der Waals surface area contributed by atoms with Crippen LogP contribution in [-0.4, -0.2) is 0 Å². The van der Waals surface area contributed by atoms with Crippen LogP contribution in [0.4, 0.5) is 8.78 Å². The molecule has 3 rings (SSSR count). The molecule has 0 N–H and O–H groups in total. The zero-order valence-electron chi connectivity index (χ0n) is 13.0. The highest BCUT2D eigenvalue weighted by Gasteiger charge is 2.22. The Morgan fingerprint density at radius 2 is 1.73 bits per heavy atom. The molecule has 2 heteroatoms. The molecular formula is C20H22F2. The van der Waals surface area contributed by atoms with Crippen molar-refractivity contribution in [2.24, 2.45) is 5.92 Å². The summed E-state index contributed by atoms with van der Waals surface area (Å²) in [7, 11) is 0. The van der Waals surface area contributed by atoms with Gasteiger partial charge in [0.25, 0.3) is 0 Å². The number of benzene rings is 2. The second-order valence-electron chi connectivity index (χ2n) is 6.38. The van der Waals surface area contributed by atoms with Gasteiger partial charge in [-0.15, -0.1) is 0 Å². The van der Waals surface area contributed by atoms with Gasteiger partial charge in [0.2, 0.25) is 0 Å². The molecule has 1 fully saturated rings. The highest BCUT2D eigenvalue weighted by molar-refractivity contribution is 5.64. The van der Waals surface area contributed by atoms with E-state index in [4.69, 9.17) is 0 Å². The molecule has 0 spiro atoms. The molecule has 1 aliphatic rings. The van der Waals surface area contributed by atoms with Gasteiger partial charge in [0.1, 0.15) is 11.6 Å². The molecule has 1 aliphatic carbocycles. The summed E-state index contributed by atoms with van der Waals surface area (Å²) in [5, 5.41) is 0. The summed E-state index contributed by atoms with van der Waals surface area (Å²) in [5.41, 5.74) is 2.16. The van der Waals surface area contributed by atoms with Crippen LogP contribution >= 0.6 is 0 Å². The molecule has 1 saturated carbocycles. The average molecular weight is 300 g/mol. The first kappa shape index (κ1) is 15.2. The van der Waals surface area contributed by atoms with E-state index in [2.05, 4.69) is 6.92 Å². The lowest BCUT2D eigenvalue weighted by molar-refractivity contribution is 0.318. The molecule has 2 aromatic rings. The number of hydrogen-bond donors (Lipinski definition) is 0. The van der Waals surface area contributed by atoms with Crippen LogP contribution in [0.3, 0.4) is 0 Å². The number of rotatable bonds is 3. The Labute approximate surface area is 131 Å². The van der Waals surface area contributed by atoms with E-state index < -0.39 is 0 Å². The molecule has 0 atom stereocenters. The van der Waals surface area contributed by atoms with E-state index in [9.17, 15) is 8.78 Å². The molecule has 22 heavy (non-hydrogen) atoms. The van der Waals surface area contributed by atoms with Crippen LogP contribution < -0.4 is 0 Å². The molecule has 0 aromatic heterocycles. The lowest BCUT2D eigenvalue weighted by Crippen LogP contribution is -2.12. The van der Waals surface area contributed by atoms with Gasteiger partial charge in [-0.05, 0) is 66.8 Å². The maximum absolute atomic E-state index is 14.4. The van der Waals surface area contributed by atoms with Crippen molar-refractivity contribution in [1.29, 1.82) is 0 Å². The summed E-state index contributed by atoms with van der Waals surface area (Å²) in [6.45, 7) is 2.25. The first-order valence-corrected chi connectivity index (χ1v) is 8.22. The predicted octanol–water partition coefficient (Wildman–Crippen LogP) is 6.32. The predicted molar refractivity (Wildman–Crippen MR) is 86.8 cm³/mol. The van der Waals surface area contributed by atoms with Gasteiger partial charge in [0.05, 0.1) is 0 Å². The highest BCUT2D eigenvalue weighted by atomic mass is 19.1. The SMILES string of the molecule is CCC1CCC(c2ccc(-c3cccc(F)c3)c(F)c2)CC1. The third-order valence-corrected chi connectivity index (χ3v) is 5.02. The van der Waals surface area contributed by atoms with E-state index in [0.29, 0.717) is 17.0 Å². The van der Waals surface area contributed by atoms with Gasteiger partial charge in [0.15, 0.2) is 0 Å². The van der Waals surface area contributed by atoms with Crippen LogP contribution in [0.25, 0.3) is 11.1 Å². The molecule has 0 amide bonds. The van der Waals surface area contributed by atoms with Gasteiger partial charge < -0.3 is 0 Å². The molecular weight excluding hydrogens is 278 g/mol. The van der Waals surface area contributed by atoms with Crippen LogP contribution in [-0.2, 0) is 0 Å². The molecule has 0 aliphatic heterocycles. The minimum Gasteiger partial charge on any atom is -0.207 e. The zero-order valence-corrected chi connectivity index (χ0v) is 13.0. The maximum atomic E-state index is 14.4. The Hall–Kier alpha value is -1.70. The summed E-state index contributed by atoms with van der Waals surface area (Å²) in [5.74, 6) is 0.728. The van der Waals surface area contributed by atoms with Gasteiger partial charge in [-0.1, -0.05) is 37.6 Å². The Balaban J connectivity index is 1.81. The van der Waals surface area contributed by atoms with Crippen LogP contribution in [0.5, 0.6) is 0 Å². The van der Waals surface area contributed by atoms with Crippen molar-refractivity contribution in [2.45, 2.75) is 44.9 Å². The summed E-state index contributed by atoms with van der Waals surface area (Å²) in [4.78, 5) is 0. The number of halogens is 2. The molecule has 0 saturated heterocycles. The van der Waals surface area contributed by atoms with E-state index >= 15 is 0 Å². The largest absolute Gasteiger partial charge is 0.207 e. The van der Waals surface area contributed by atoms with E-state index in [0.717, 1.165) is 24.3 Å². The van der Waals surface area contributed by atoms with Gasteiger partial charge in [0, 0.05) is 5.56 Å². The molecule has 0 unspecified atom stereocenters. The van der Waals surface area contributed by atoms with Crippen LogP contribution in [0.1, 0.15) is 50.5 Å². The van der Waals surface area contributed by atoms with Gasteiger partial charge in [-0.25, -0.2) is 8.78 Å².